The van der Waals surface area contributed by atoms with Crippen LogP contribution in [0.1, 0.15) is 12.0 Å². The lowest BCUT2D eigenvalue weighted by atomic mass is 10.1. The summed E-state index contributed by atoms with van der Waals surface area (Å²) in [4.78, 5) is 6.04. The van der Waals surface area contributed by atoms with Crippen molar-refractivity contribution in [2.24, 2.45) is 0 Å². The van der Waals surface area contributed by atoms with Gasteiger partial charge in [-0.25, -0.2) is 0 Å². The molecule has 0 bridgehead atoms. The fraction of sp³-hybridized carbons (Fsp3) is 0.429. The number of nitrogens with one attached hydrogen (secondary N) is 1. The molecule has 2 aromatic rings. The summed E-state index contributed by atoms with van der Waals surface area (Å²) >= 11 is 1.74. The number of thioether (sulfide) groups is 1. The molecular weight excluding hydrogens is 342 g/mol. The van der Waals surface area contributed by atoms with E-state index in [0.29, 0.717) is 6.04 Å². The van der Waals surface area contributed by atoms with Crippen molar-refractivity contribution in [1.29, 1.82) is 0 Å². The first-order valence-electron chi connectivity index (χ1n) is 9.11. The molecule has 1 aliphatic rings. The zero-order valence-corrected chi connectivity index (χ0v) is 17.0. The largest absolute Gasteiger partial charge is 0.457 e. The molecule has 0 saturated carbocycles. The first kappa shape index (κ1) is 19.1. The minimum Gasteiger partial charge on any atom is -0.457 e. The average Bonchev–Trinajstić information content (AvgIpc) is 3.14. The molecule has 26 heavy (non-hydrogen) atoms. The summed E-state index contributed by atoms with van der Waals surface area (Å²) in [6, 6.07) is 15.4. The summed E-state index contributed by atoms with van der Waals surface area (Å²) in [6.45, 7) is 2.98. The van der Waals surface area contributed by atoms with Crippen LogP contribution in [0.5, 0.6) is 11.5 Å². The maximum Gasteiger partial charge on any atom is 0.132 e. The molecule has 2 aromatic carbocycles. The molecule has 0 aliphatic carbocycles. The number of hydrogen-bond acceptors (Lipinski definition) is 5. The van der Waals surface area contributed by atoms with Gasteiger partial charge in [0.2, 0.25) is 0 Å². The first-order chi connectivity index (χ1) is 12.6. The molecule has 140 valence electrons. The second-order valence-electron chi connectivity index (χ2n) is 6.95. The van der Waals surface area contributed by atoms with Crippen molar-refractivity contribution in [3.63, 3.8) is 0 Å². The van der Waals surface area contributed by atoms with Gasteiger partial charge in [0.15, 0.2) is 0 Å². The Labute approximate surface area is 161 Å². The third-order valence-corrected chi connectivity index (χ3v) is 5.70. The van der Waals surface area contributed by atoms with E-state index in [4.69, 9.17) is 4.74 Å². The molecule has 1 fully saturated rings. The van der Waals surface area contributed by atoms with Crippen molar-refractivity contribution in [1.82, 2.24) is 10.2 Å². The smallest absolute Gasteiger partial charge is 0.132 e. The second kappa shape index (κ2) is 8.80. The highest BCUT2D eigenvalue weighted by atomic mass is 32.2. The molecule has 3 rings (SSSR count). The zero-order chi connectivity index (χ0) is 18.5. The predicted molar refractivity (Wildman–Crippen MR) is 112 cm³/mol. The van der Waals surface area contributed by atoms with E-state index < -0.39 is 0 Å². The maximum atomic E-state index is 6.16. The molecule has 0 aromatic heterocycles. The number of ether oxygens (including phenoxy) is 1. The maximum absolute atomic E-state index is 6.16. The second-order valence-corrected chi connectivity index (χ2v) is 7.83. The van der Waals surface area contributed by atoms with Gasteiger partial charge in [-0.05, 0) is 76.3 Å². The summed E-state index contributed by atoms with van der Waals surface area (Å²) in [5.41, 5.74) is 2.47. The number of likely N-dealkylation sites (N-methyl/N-ethyl adjacent to an activating group) is 1. The standard InChI is InChI=1S/C21H29N3OS/c1-22-14-16-13-17(24-12-11-18(15-24)23(2)3)5-10-21(16)25-19-6-8-20(26-4)9-7-19/h5-10,13,18,22H,11-12,14-15H2,1-4H3/t18-/m0/s1. The molecule has 5 heteroatoms. The summed E-state index contributed by atoms with van der Waals surface area (Å²) in [5, 5.41) is 3.26. The number of benzene rings is 2. The van der Waals surface area contributed by atoms with Crippen molar-refractivity contribution in [3.05, 3.63) is 48.0 Å². The minimum atomic E-state index is 0.633. The van der Waals surface area contributed by atoms with Gasteiger partial charge in [-0.1, -0.05) is 0 Å². The third kappa shape index (κ3) is 4.53. The van der Waals surface area contributed by atoms with E-state index >= 15 is 0 Å². The van der Waals surface area contributed by atoms with Gasteiger partial charge < -0.3 is 19.9 Å². The van der Waals surface area contributed by atoms with E-state index in [1.54, 1.807) is 11.8 Å². The van der Waals surface area contributed by atoms with Gasteiger partial charge >= 0.3 is 0 Å². The molecule has 0 radical (unpaired) electrons. The Morgan fingerprint density at radius 2 is 1.96 bits per heavy atom. The Balaban J connectivity index is 1.78. The van der Waals surface area contributed by atoms with Crippen molar-refractivity contribution in [2.45, 2.75) is 23.9 Å². The van der Waals surface area contributed by atoms with Crippen LogP contribution in [0.2, 0.25) is 0 Å². The number of hydrogen-bond donors (Lipinski definition) is 1. The summed E-state index contributed by atoms with van der Waals surface area (Å²) < 4.78 is 6.16. The van der Waals surface area contributed by atoms with Gasteiger partial charge in [0, 0.05) is 41.8 Å². The Morgan fingerprint density at radius 3 is 2.58 bits per heavy atom. The van der Waals surface area contributed by atoms with Crippen molar-refractivity contribution in [2.75, 3.05) is 45.4 Å². The van der Waals surface area contributed by atoms with Crippen LogP contribution in [0.3, 0.4) is 0 Å². The molecule has 1 atom stereocenters. The zero-order valence-electron chi connectivity index (χ0n) is 16.2. The minimum absolute atomic E-state index is 0.633. The highest BCUT2D eigenvalue weighted by molar-refractivity contribution is 7.98. The van der Waals surface area contributed by atoms with E-state index in [1.807, 2.05) is 19.2 Å². The SMILES string of the molecule is CNCc1cc(N2CC[C@H](N(C)C)C2)ccc1Oc1ccc(SC)cc1. The topological polar surface area (TPSA) is 27.7 Å². The van der Waals surface area contributed by atoms with Crippen LogP contribution in [-0.2, 0) is 6.54 Å². The van der Waals surface area contributed by atoms with Gasteiger partial charge in [0.1, 0.15) is 11.5 Å². The molecule has 4 nitrogen and oxygen atoms in total. The lowest BCUT2D eigenvalue weighted by molar-refractivity contribution is 0.315. The highest BCUT2D eigenvalue weighted by Gasteiger charge is 2.24. The molecule has 1 heterocycles. The quantitative estimate of drug-likeness (QED) is 0.741. The first-order valence-corrected chi connectivity index (χ1v) is 10.3. The summed E-state index contributed by atoms with van der Waals surface area (Å²) in [5.74, 6) is 1.80. The van der Waals surface area contributed by atoms with Crippen LogP contribution in [0.15, 0.2) is 47.4 Å². The molecular formula is C21H29N3OS. The van der Waals surface area contributed by atoms with Gasteiger partial charge in [-0.3, -0.25) is 0 Å². The van der Waals surface area contributed by atoms with Crippen LogP contribution in [0, 0.1) is 0 Å². The molecule has 1 N–H and O–H groups in total. The van der Waals surface area contributed by atoms with Gasteiger partial charge in [-0.15, -0.1) is 11.8 Å². The summed E-state index contributed by atoms with van der Waals surface area (Å²) in [7, 11) is 6.31. The van der Waals surface area contributed by atoms with Crippen molar-refractivity contribution < 1.29 is 4.74 Å². The Kier molecular flexibility index (Phi) is 6.46. The van der Waals surface area contributed by atoms with E-state index in [9.17, 15) is 0 Å². The van der Waals surface area contributed by atoms with Crippen LogP contribution in [0.4, 0.5) is 5.69 Å². The molecule has 0 spiro atoms. The van der Waals surface area contributed by atoms with Crippen LogP contribution < -0.4 is 15.0 Å². The van der Waals surface area contributed by atoms with E-state index in [1.165, 1.54) is 22.6 Å². The van der Waals surface area contributed by atoms with E-state index in [2.05, 4.69) is 65.8 Å². The fourth-order valence-electron chi connectivity index (χ4n) is 3.36. The fourth-order valence-corrected chi connectivity index (χ4v) is 3.77. The molecule has 0 amide bonds. The monoisotopic (exact) mass is 371 g/mol. The molecule has 0 unspecified atom stereocenters. The predicted octanol–water partition coefficient (Wildman–Crippen LogP) is 4.06. The van der Waals surface area contributed by atoms with Gasteiger partial charge in [0.05, 0.1) is 0 Å². The lowest BCUT2D eigenvalue weighted by Crippen LogP contribution is -2.31. The Morgan fingerprint density at radius 1 is 1.19 bits per heavy atom. The number of nitrogens with zero attached hydrogens (tertiary/aromatic N) is 2. The van der Waals surface area contributed by atoms with Crippen molar-refractivity contribution >= 4 is 17.4 Å². The van der Waals surface area contributed by atoms with Crippen LogP contribution >= 0.6 is 11.8 Å². The van der Waals surface area contributed by atoms with Crippen LogP contribution in [0.25, 0.3) is 0 Å². The highest BCUT2D eigenvalue weighted by Crippen LogP contribution is 2.31. The van der Waals surface area contributed by atoms with E-state index in [-0.39, 0.29) is 0 Å². The summed E-state index contributed by atoms with van der Waals surface area (Å²) in [6.07, 6.45) is 3.30. The van der Waals surface area contributed by atoms with Gasteiger partial charge in [0.25, 0.3) is 0 Å². The number of rotatable bonds is 7. The Bertz CT molecular complexity index is 718. The number of anilines is 1. The average molecular weight is 372 g/mol. The Hall–Kier alpha value is -1.69. The van der Waals surface area contributed by atoms with Crippen LogP contribution in [-0.4, -0.2) is 51.4 Å². The van der Waals surface area contributed by atoms with E-state index in [0.717, 1.165) is 31.1 Å². The van der Waals surface area contributed by atoms with Crippen molar-refractivity contribution in [3.8, 4) is 11.5 Å². The third-order valence-electron chi connectivity index (χ3n) is 4.96. The normalized spacial score (nSPS) is 17.1. The molecule has 1 aliphatic heterocycles. The lowest BCUT2D eigenvalue weighted by Gasteiger charge is -2.23. The van der Waals surface area contributed by atoms with Gasteiger partial charge in [-0.2, -0.15) is 0 Å². The molecule has 1 saturated heterocycles.